The average molecular weight is 212 g/mol. The highest BCUT2D eigenvalue weighted by atomic mass is 16.5. The van der Waals surface area contributed by atoms with Gasteiger partial charge in [-0.15, -0.1) is 6.58 Å². The third-order valence-corrected chi connectivity index (χ3v) is 1.73. The molecule has 0 radical (unpaired) electrons. The second kappa shape index (κ2) is 8.17. The van der Waals surface area contributed by atoms with E-state index in [1.54, 1.807) is 37.3 Å². The van der Waals surface area contributed by atoms with Crippen molar-refractivity contribution >= 4 is 0 Å². The van der Waals surface area contributed by atoms with Crippen LogP contribution in [0.25, 0.3) is 0 Å². The average Bonchev–Trinajstić information content (AvgIpc) is 2.20. The monoisotopic (exact) mass is 212 g/mol. The molecule has 0 spiro atoms. The van der Waals surface area contributed by atoms with Gasteiger partial charge in [0, 0.05) is 12.0 Å². The second-order valence-corrected chi connectivity index (χ2v) is 2.94. The van der Waals surface area contributed by atoms with Crippen LogP contribution < -0.4 is 0 Å². The van der Waals surface area contributed by atoms with Gasteiger partial charge in [-0.2, -0.15) is 0 Å². The fraction of sp³-hybridized carbons (Fsp3) is 0.333. The van der Waals surface area contributed by atoms with Crippen molar-refractivity contribution in [3.63, 3.8) is 0 Å². The maximum atomic E-state index is 9.35. The molecule has 0 aliphatic heterocycles. The molecule has 1 aromatic carbocycles. The minimum atomic E-state index is -1.67. The van der Waals surface area contributed by atoms with E-state index in [1.807, 2.05) is 13.0 Å². The van der Waals surface area contributed by atoms with E-state index >= 15 is 0 Å². The molecule has 0 heterocycles. The molecule has 15 heavy (non-hydrogen) atoms. The molecule has 0 saturated heterocycles. The quantitative estimate of drug-likeness (QED) is 0.577. The van der Waals surface area contributed by atoms with E-state index in [9.17, 15) is 10.2 Å². The SMILES string of the molecule is C=CC.CCC(O)(O)c1ccccc1.O. The molecular formula is C12H20O3. The lowest BCUT2D eigenvalue weighted by Crippen LogP contribution is -2.23. The van der Waals surface area contributed by atoms with Gasteiger partial charge in [-0.1, -0.05) is 43.3 Å². The van der Waals surface area contributed by atoms with Crippen LogP contribution in [-0.2, 0) is 5.79 Å². The molecule has 86 valence electrons. The lowest BCUT2D eigenvalue weighted by Gasteiger charge is -2.19. The van der Waals surface area contributed by atoms with Gasteiger partial charge in [-0.05, 0) is 6.92 Å². The van der Waals surface area contributed by atoms with Gasteiger partial charge in [0.15, 0.2) is 5.79 Å². The standard InChI is InChI=1S/C9H12O2.C3H6.H2O/c1-2-9(10,11)8-6-4-3-5-7-8;1-3-2;/h3-7,10-11H,2H2,1H3;3H,1H2,2H3;1H2. The van der Waals surface area contributed by atoms with Crippen LogP contribution in [0.3, 0.4) is 0 Å². The van der Waals surface area contributed by atoms with Crippen LogP contribution in [0.5, 0.6) is 0 Å². The highest BCUT2D eigenvalue weighted by molar-refractivity contribution is 5.19. The highest BCUT2D eigenvalue weighted by Crippen LogP contribution is 2.20. The lowest BCUT2D eigenvalue weighted by molar-refractivity contribution is -0.171. The first-order chi connectivity index (χ1) is 6.58. The van der Waals surface area contributed by atoms with E-state index in [-0.39, 0.29) is 5.48 Å². The first-order valence-electron chi connectivity index (χ1n) is 4.65. The molecule has 0 atom stereocenters. The molecule has 0 aliphatic carbocycles. The minimum Gasteiger partial charge on any atom is -0.412 e. The largest absolute Gasteiger partial charge is 0.412 e. The molecule has 3 heteroatoms. The molecule has 0 saturated carbocycles. The summed E-state index contributed by atoms with van der Waals surface area (Å²) >= 11 is 0. The molecule has 0 fully saturated rings. The Morgan fingerprint density at radius 1 is 1.27 bits per heavy atom. The summed E-state index contributed by atoms with van der Waals surface area (Å²) in [6, 6.07) is 8.81. The maximum absolute atomic E-state index is 9.35. The Kier molecular flexibility index (Phi) is 8.87. The van der Waals surface area contributed by atoms with Crippen molar-refractivity contribution in [3.05, 3.63) is 48.6 Å². The maximum Gasteiger partial charge on any atom is 0.189 e. The van der Waals surface area contributed by atoms with Crippen LogP contribution in [0.2, 0.25) is 0 Å². The summed E-state index contributed by atoms with van der Waals surface area (Å²) in [4.78, 5) is 0. The van der Waals surface area contributed by atoms with Crippen LogP contribution >= 0.6 is 0 Å². The van der Waals surface area contributed by atoms with E-state index in [0.29, 0.717) is 12.0 Å². The van der Waals surface area contributed by atoms with Gasteiger partial charge in [0.1, 0.15) is 0 Å². The van der Waals surface area contributed by atoms with Crippen LogP contribution in [0.1, 0.15) is 25.8 Å². The van der Waals surface area contributed by atoms with Crippen molar-refractivity contribution < 1.29 is 15.7 Å². The van der Waals surface area contributed by atoms with Gasteiger partial charge in [0.25, 0.3) is 0 Å². The van der Waals surface area contributed by atoms with Gasteiger partial charge in [-0.3, -0.25) is 0 Å². The summed E-state index contributed by atoms with van der Waals surface area (Å²) in [6.45, 7) is 6.98. The van der Waals surface area contributed by atoms with Crippen LogP contribution in [0.4, 0.5) is 0 Å². The van der Waals surface area contributed by atoms with Crippen molar-refractivity contribution in [2.75, 3.05) is 0 Å². The number of aliphatic hydroxyl groups is 2. The zero-order valence-corrected chi connectivity index (χ0v) is 9.27. The summed E-state index contributed by atoms with van der Waals surface area (Å²) in [5, 5.41) is 18.7. The summed E-state index contributed by atoms with van der Waals surface area (Å²) in [6.07, 6.45) is 2.05. The fourth-order valence-electron chi connectivity index (χ4n) is 0.909. The molecule has 0 aromatic heterocycles. The van der Waals surface area contributed by atoms with Crippen molar-refractivity contribution in [2.45, 2.75) is 26.1 Å². The summed E-state index contributed by atoms with van der Waals surface area (Å²) < 4.78 is 0. The van der Waals surface area contributed by atoms with E-state index in [4.69, 9.17) is 0 Å². The molecule has 0 aliphatic rings. The first-order valence-corrected chi connectivity index (χ1v) is 4.65. The van der Waals surface area contributed by atoms with Gasteiger partial charge < -0.3 is 15.7 Å². The Morgan fingerprint density at radius 3 is 2.00 bits per heavy atom. The highest BCUT2D eigenvalue weighted by Gasteiger charge is 2.21. The van der Waals surface area contributed by atoms with E-state index < -0.39 is 5.79 Å². The number of benzene rings is 1. The third-order valence-electron chi connectivity index (χ3n) is 1.73. The molecule has 3 nitrogen and oxygen atoms in total. The van der Waals surface area contributed by atoms with Gasteiger partial charge in [0.2, 0.25) is 0 Å². The number of rotatable bonds is 2. The third kappa shape index (κ3) is 6.01. The first kappa shape index (κ1) is 16.3. The Bertz CT molecular complexity index is 255. The van der Waals surface area contributed by atoms with Gasteiger partial charge in [0.05, 0.1) is 0 Å². The van der Waals surface area contributed by atoms with E-state index in [2.05, 4.69) is 6.58 Å². The summed E-state index contributed by atoms with van der Waals surface area (Å²) in [5.41, 5.74) is 0.544. The molecular weight excluding hydrogens is 192 g/mol. The van der Waals surface area contributed by atoms with Crippen LogP contribution in [0, 0.1) is 0 Å². The Balaban J connectivity index is 0. The Morgan fingerprint density at radius 2 is 1.67 bits per heavy atom. The van der Waals surface area contributed by atoms with E-state index in [0.717, 1.165) is 0 Å². The van der Waals surface area contributed by atoms with Crippen molar-refractivity contribution in [3.8, 4) is 0 Å². The van der Waals surface area contributed by atoms with Crippen LogP contribution in [-0.4, -0.2) is 15.7 Å². The zero-order chi connectivity index (χ0) is 11.0. The Hall–Kier alpha value is -1.16. The second-order valence-electron chi connectivity index (χ2n) is 2.94. The Labute approximate surface area is 91.0 Å². The summed E-state index contributed by atoms with van der Waals surface area (Å²) in [5.74, 6) is -1.67. The lowest BCUT2D eigenvalue weighted by atomic mass is 10.0. The van der Waals surface area contributed by atoms with Crippen molar-refractivity contribution in [1.82, 2.24) is 0 Å². The fourth-order valence-corrected chi connectivity index (χ4v) is 0.909. The van der Waals surface area contributed by atoms with Crippen molar-refractivity contribution in [1.29, 1.82) is 0 Å². The topological polar surface area (TPSA) is 72.0 Å². The minimum absolute atomic E-state index is 0. The predicted octanol–water partition coefficient (Wildman–Crippen LogP) is 1.60. The number of allylic oxidation sites excluding steroid dienone is 1. The van der Waals surface area contributed by atoms with Crippen molar-refractivity contribution in [2.24, 2.45) is 0 Å². The van der Waals surface area contributed by atoms with E-state index in [1.165, 1.54) is 0 Å². The van der Waals surface area contributed by atoms with Gasteiger partial charge >= 0.3 is 0 Å². The molecule has 1 aromatic rings. The molecule has 1 rings (SSSR count). The zero-order valence-electron chi connectivity index (χ0n) is 9.27. The molecule has 0 bridgehead atoms. The van der Waals surface area contributed by atoms with Gasteiger partial charge in [-0.25, -0.2) is 0 Å². The predicted molar refractivity (Wildman–Crippen MR) is 62.3 cm³/mol. The molecule has 0 unspecified atom stereocenters. The molecule has 4 N–H and O–H groups in total. The smallest absolute Gasteiger partial charge is 0.189 e. The number of hydrogen-bond acceptors (Lipinski definition) is 2. The number of hydrogen-bond donors (Lipinski definition) is 2. The van der Waals surface area contributed by atoms with Crippen LogP contribution in [0.15, 0.2) is 43.0 Å². The summed E-state index contributed by atoms with van der Waals surface area (Å²) in [7, 11) is 0. The normalized spacial score (nSPS) is 9.33. The molecule has 0 amide bonds.